The van der Waals surface area contributed by atoms with Gasteiger partial charge in [0.2, 0.25) is 0 Å². The third kappa shape index (κ3) is 6.46. The van der Waals surface area contributed by atoms with E-state index in [1.165, 1.54) is 11.3 Å². The summed E-state index contributed by atoms with van der Waals surface area (Å²) in [7, 11) is 0. The van der Waals surface area contributed by atoms with Gasteiger partial charge >= 0.3 is 6.09 Å². The minimum Gasteiger partial charge on any atom is -0.444 e. The zero-order chi connectivity index (χ0) is 22.5. The maximum atomic E-state index is 13.0. The summed E-state index contributed by atoms with van der Waals surface area (Å²) in [6.45, 7) is 7.68. The number of carbonyl (C=O) groups is 2. The third-order valence-electron chi connectivity index (χ3n) is 5.17. The molecule has 0 unspecified atom stereocenters. The lowest BCUT2D eigenvalue weighted by molar-refractivity contribution is 0.0437. The van der Waals surface area contributed by atoms with E-state index in [9.17, 15) is 9.59 Å². The van der Waals surface area contributed by atoms with Crippen molar-refractivity contribution < 1.29 is 14.3 Å². The van der Waals surface area contributed by atoms with E-state index in [1.807, 2.05) is 20.8 Å². The van der Waals surface area contributed by atoms with Crippen molar-refractivity contribution in [3.8, 4) is 10.8 Å². The van der Waals surface area contributed by atoms with E-state index in [0.717, 1.165) is 38.5 Å². The maximum absolute atomic E-state index is 13.0. The van der Waals surface area contributed by atoms with E-state index in [-0.39, 0.29) is 5.91 Å². The number of rotatable bonds is 5. The molecule has 0 aliphatic heterocycles. The average molecular weight is 446 g/mol. The summed E-state index contributed by atoms with van der Waals surface area (Å²) in [5.41, 5.74) is -0.451. The van der Waals surface area contributed by atoms with Crippen LogP contribution in [-0.4, -0.2) is 44.6 Å². The highest BCUT2D eigenvalue weighted by Gasteiger charge is 2.35. The van der Waals surface area contributed by atoms with Crippen LogP contribution in [0.2, 0.25) is 0 Å². The molecule has 2 heterocycles. The maximum Gasteiger partial charge on any atom is 0.408 e. The topological polar surface area (TPSA) is 106 Å². The van der Waals surface area contributed by atoms with Gasteiger partial charge in [0.05, 0.1) is 11.2 Å². The highest BCUT2D eigenvalue weighted by Crippen LogP contribution is 2.28. The average Bonchev–Trinajstić information content (AvgIpc) is 2.95. The molecule has 0 atom stereocenters. The van der Waals surface area contributed by atoms with Gasteiger partial charge in [-0.15, -0.1) is 11.3 Å². The smallest absolute Gasteiger partial charge is 0.408 e. The zero-order valence-corrected chi connectivity index (χ0v) is 19.5. The van der Waals surface area contributed by atoms with Crippen molar-refractivity contribution in [3.63, 3.8) is 0 Å². The van der Waals surface area contributed by atoms with Crippen LogP contribution in [0.5, 0.6) is 0 Å². The van der Waals surface area contributed by atoms with Crippen molar-refractivity contribution in [2.45, 2.75) is 77.4 Å². The SMILES string of the molecule is Cc1nc(-c2ncccn2)sc1C(=O)NCC1(NC(=O)OC(C)(C)C)CCCCCC1. The molecule has 8 nitrogen and oxygen atoms in total. The molecule has 2 aromatic rings. The quantitative estimate of drug-likeness (QED) is 0.666. The molecule has 2 N–H and O–H groups in total. The van der Waals surface area contributed by atoms with Crippen molar-refractivity contribution in [1.82, 2.24) is 25.6 Å². The first kappa shape index (κ1) is 23.1. The number of thiazole rings is 1. The van der Waals surface area contributed by atoms with E-state index in [0.29, 0.717) is 27.9 Å². The number of nitrogens with zero attached hydrogens (tertiary/aromatic N) is 3. The lowest BCUT2D eigenvalue weighted by Crippen LogP contribution is -2.56. The standard InChI is InChI=1S/C22H31N5O3S/c1-15-16(31-19(26-15)17-23-12-9-13-24-17)18(28)25-14-22(10-7-5-6-8-11-22)27-20(29)30-21(2,3)4/h9,12-13H,5-8,10-11,14H2,1-4H3,(H,25,28)(H,27,29). The molecule has 3 rings (SSSR count). The van der Waals surface area contributed by atoms with E-state index in [1.54, 1.807) is 25.4 Å². The number of aryl methyl sites for hydroxylation is 1. The Hall–Kier alpha value is -2.55. The minimum atomic E-state index is -0.574. The summed E-state index contributed by atoms with van der Waals surface area (Å²) < 4.78 is 5.48. The van der Waals surface area contributed by atoms with Crippen LogP contribution >= 0.6 is 11.3 Å². The second-order valence-electron chi connectivity index (χ2n) is 9.01. The van der Waals surface area contributed by atoms with Crippen LogP contribution in [0.25, 0.3) is 10.8 Å². The van der Waals surface area contributed by atoms with Gasteiger partial charge < -0.3 is 15.4 Å². The Balaban J connectivity index is 1.71. The number of nitrogens with one attached hydrogen (secondary N) is 2. The molecule has 2 aromatic heterocycles. The fraction of sp³-hybridized carbons (Fsp3) is 0.591. The Morgan fingerprint density at radius 3 is 2.39 bits per heavy atom. The number of amides is 2. The molecule has 1 fully saturated rings. The van der Waals surface area contributed by atoms with Gasteiger partial charge in [0.25, 0.3) is 5.91 Å². The van der Waals surface area contributed by atoms with E-state index in [2.05, 4.69) is 25.6 Å². The number of hydrogen-bond donors (Lipinski definition) is 2. The zero-order valence-electron chi connectivity index (χ0n) is 18.7. The lowest BCUT2D eigenvalue weighted by Gasteiger charge is -2.35. The number of aromatic nitrogens is 3. The third-order valence-corrected chi connectivity index (χ3v) is 6.33. The fourth-order valence-electron chi connectivity index (χ4n) is 3.71. The molecule has 1 aliphatic rings. The molecular formula is C22H31N5O3S. The molecule has 1 saturated carbocycles. The normalized spacial score (nSPS) is 16.3. The molecule has 31 heavy (non-hydrogen) atoms. The summed E-state index contributed by atoms with van der Waals surface area (Å²) in [6.07, 6.45) is 8.71. The molecular weight excluding hydrogens is 414 g/mol. The first-order chi connectivity index (χ1) is 14.7. The van der Waals surface area contributed by atoms with Gasteiger partial charge in [-0.2, -0.15) is 0 Å². The molecule has 0 spiro atoms. The van der Waals surface area contributed by atoms with Crippen molar-refractivity contribution >= 4 is 23.3 Å². The van der Waals surface area contributed by atoms with Gasteiger partial charge in [-0.25, -0.2) is 19.7 Å². The molecule has 2 amide bonds. The number of ether oxygens (including phenoxy) is 1. The van der Waals surface area contributed by atoms with Gasteiger partial charge in [0, 0.05) is 18.9 Å². The van der Waals surface area contributed by atoms with Crippen LogP contribution in [0.4, 0.5) is 4.79 Å². The van der Waals surface area contributed by atoms with Crippen molar-refractivity contribution in [1.29, 1.82) is 0 Å². The molecule has 0 saturated heterocycles. The van der Waals surface area contributed by atoms with Crippen LogP contribution in [0.15, 0.2) is 18.5 Å². The van der Waals surface area contributed by atoms with Crippen LogP contribution in [0, 0.1) is 6.92 Å². The Kier molecular flexibility index (Phi) is 7.25. The molecule has 168 valence electrons. The molecule has 9 heteroatoms. The summed E-state index contributed by atoms with van der Waals surface area (Å²) in [6, 6.07) is 1.74. The van der Waals surface area contributed by atoms with Crippen molar-refractivity contribution in [2.24, 2.45) is 0 Å². The van der Waals surface area contributed by atoms with Crippen molar-refractivity contribution in [3.05, 3.63) is 29.0 Å². The monoisotopic (exact) mass is 445 g/mol. The highest BCUT2D eigenvalue weighted by molar-refractivity contribution is 7.17. The second kappa shape index (κ2) is 9.72. The predicted molar refractivity (Wildman–Crippen MR) is 120 cm³/mol. The summed E-state index contributed by atoms with van der Waals surface area (Å²) in [5, 5.41) is 6.72. The minimum absolute atomic E-state index is 0.202. The van der Waals surface area contributed by atoms with E-state index in [4.69, 9.17) is 4.74 Å². The predicted octanol–water partition coefficient (Wildman–Crippen LogP) is 4.26. The Morgan fingerprint density at radius 1 is 1.13 bits per heavy atom. The molecule has 0 bridgehead atoms. The first-order valence-electron chi connectivity index (χ1n) is 10.7. The Labute approximate surface area is 187 Å². The largest absolute Gasteiger partial charge is 0.444 e. The van der Waals surface area contributed by atoms with Gasteiger partial charge in [0.15, 0.2) is 10.8 Å². The Bertz CT molecular complexity index is 900. The molecule has 0 aromatic carbocycles. The molecule has 1 aliphatic carbocycles. The van der Waals surface area contributed by atoms with Crippen LogP contribution in [0.1, 0.15) is 74.7 Å². The van der Waals surface area contributed by atoms with Crippen molar-refractivity contribution in [2.75, 3.05) is 6.54 Å². The fourth-order valence-corrected chi connectivity index (χ4v) is 4.64. The second-order valence-corrected chi connectivity index (χ2v) is 10.0. The van der Waals surface area contributed by atoms with Crippen LogP contribution in [0.3, 0.4) is 0 Å². The Morgan fingerprint density at radius 2 is 1.77 bits per heavy atom. The first-order valence-corrected chi connectivity index (χ1v) is 11.5. The molecule has 0 radical (unpaired) electrons. The van der Waals surface area contributed by atoms with E-state index < -0.39 is 17.2 Å². The summed E-state index contributed by atoms with van der Waals surface area (Å²) >= 11 is 1.27. The van der Waals surface area contributed by atoms with Crippen LogP contribution < -0.4 is 10.6 Å². The number of alkyl carbamates (subject to hydrolysis) is 1. The summed E-state index contributed by atoms with van der Waals surface area (Å²) in [4.78, 5) is 38.9. The number of carbonyl (C=O) groups excluding carboxylic acids is 2. The lowest BCUT2D eigenvalue weighted by atomic mass is 9.90. The van der Waals surface area contributed by atoms with Gasteiger partial charge in [-0.1, -0.05) is 25.7 Å². The van der Waals surface area contributed by atoms with Gasteiger partial charge in [-0.3, -0.25) is 4.79 Å². The van der Waals surface area contributed by atoms with E-state index >= 15 is 0 Å². The van der Waals surface area contributed by atoms with Crippen LogP contribution in [-0.2, 0) is 4.74 Å². The number of hydrogen-bond acceptors (Lipinski definition) is 7. The van der Waals surface area contributed by atoms with Gasteiger partial charge in [-0.05, 0) is 46.6 Å². The summed E-state index contributed by atoms with van der Waals surface area (Å²) in [5.74, 6) is 0.299. The van der Waals surface area contributed by atoms with Gasteiger partial charge in [0.1, 0.15) is 10.5 Å². The highest BCUT2D eigenvalue weighted by atomic mass is 32.1.